The lowest BCUT2D eigenvalue weighted by Gasteiger charge is -2.36. The Labute approximate surface area is 156 Å². The van der Waals surface area contributed by atoms with Gasteiger partial charge in [0.1, 0.15) is 4.88 Å². The second-order valence-electron chi connectivity index (χ2n) is 6.42. The standard InChI is InChI=1S/C17H22N6O2S/c1-13-16(26-12-18-13)17(24)23-4-2-21(3-5-23)14-10-15(20-19-11-14)22-6-8-25-9-7-22/h10-12H,2-9H2,1H3. The van der Waals surface area contributed by atoms with Gasteiger partial charge in [0.25, 0.3) is 5.91 Å². The van der Waals surface area contributed by atoms with Crippen molar-refractivity contribution in [2.75, 3.05) is 62.3 Å². The van der Waals surface area contributed by atoms with Crippen molar-refractivity contribution in [3.05, 3.63) is 28.3 Å². The third kappa shape index (κ3) is 3.49. The predicted octanol–water partition coefficient (Wildman–Crippen LogP) is 1.04. The molecule has 26 heavy (non-hydrogen) atoms. The van der Waals surface area contributed by atoms with E-state index in [1.807, 2.05) is 11.8 Å². The summed E-state index contributed by atoms with van der Waals surface area (Å²) in [6.45, 7) is 8.00. The van der Waals surface area contributed by atoms with Crippen molar-refractivity contribution in [3.8, 4) is 0 Å². The molecule has 0 bridgehead atoms. The van der Waals surface area contributed by atoms with Crippen LogP contribution in [0.4, 0.5) is 11.5 Å². The molecule has 0 saturated carbocycles. The van der Waals surface area contributed by atoms with E-state index in [2.05, 4.69) is 31.0 Å². The van der Waals surface area contributed by atoms with Gasteiger partial charge in [0.15, 0.2) is 5.82 Å². The first kappa shape index (κ1) is 17.2. The van der Waals surface area contributed by atoms with E-state index < -0.39 is 0 Å². The molecule has 0 atom stereocenters. The monoisotopic (exact) mass is 374 g/mol. The molecule has 138 valence electrons. The number of thiazole rings is 1. The quantitative estimate of drug-likeness (QED) is 0.795. The van der Waals surface area contributed by atoms with Crippen molar-refractivity contribution >= 4 is 28.7 Å². The zero-order valence-corrected chi connectivity index (χ0v) is 15.6. The minimum atomic E-state index is 0.0894. The Hall–Kier alpha value is -2.26. The Morgan fingerprint density at radius 1 is 1.12 bits per heavy atom. The minimum absolute atomic E-state index is 0.0894. The van der Waals surface area contributed by atoms with Crippen LogP contribution in [0.1, 0.15) is 15.4 Å². The number of hydrogen-bond acceptors (Lipinski definition) is 8. The third-order valence-electron chi connectivity index (χ3n) is 4.83. The van der Waals surface area contributed by atoms with Gasteiger partial charge in [-0.1, -0.05) is 0 Å². The minimum Gasteiger partial charge on any atom is -0.378 e. The third-order valence-corrected chi connectivity index (χ3v) is 5.75. The first-order chi connectivity index (χ1) is 12.7. The number of aromatic nitrogens is 3. The van der Waals surface area contributed by atoms with Gasteiger partial charge in [-0.05, 0) is 6.92 Å². The normalized spacial score (nSPS) is 18.3. The summed E-state index contributed by atoms with van der Waals surface area (Å²) in [5.41, 5.74) is 3.60. The number of rotatable bonds is 3. The Kier molecular flexibility index (Phi) is 4.98. The van der Waals surface area contributed by atoms with E-state index in [4.69, 9.17) is 4.74 Å². The van der Waals surface area contributed by atoms with Crippen LogP contribution in [0.3, 0.4) is 0 Å². The van der Waals surface area contributed by atoms with E-state index in [0.717, 1.165) is 61.5 Å². The molecule has 4 rings (SSSR count). The highest BCUT2D eigenvalue weighted by Gasteiger charge is 2.25. The Morgan fingerprint density at radius 2 is 1.88 bits per heavy atom. The number of anilines is 2. The number of nitrogens with zero attached hydrogens (tertiary/aromatic N) is 6. The number of carbonyl (C=O) groups excluding carboxylic acids is 1. The highest BCUT2D eigenvalue weighted by Crippen LogP contribution is 2.22. The molecule has 2 fully saturated rings. The summed E-state index contributed by atoms with van der Waals surface area (Å²) in [5, 5.41) is 8.45. The topological polar surface area (TPSA) is 74.7 Å². The van der Waals surface area contributed by atoms with E-state index in [0.29, 0.717) is 13.1 Å². The molecule has 2 aliphatic rings. The van der Waals surface area contributed by atoms with Crippen molar-refractivity contribution < 1.29 is 9.53 Å². The fraction of sp³-hybridized carbons (Fsp3) is 0.529. The van der Waals surface area contributed by atoms with Crippen molar-refractivity contribution in [1.82, 2.24) is 20.1 Å². The van der Waals surface area contributed by atoms with Gasteiger partial charge in [0, 0.05) is 45.3 Å². The van der Waals surface area contributed by atoms with Crippen LogP contribution in [-0.4, -0.2) is 78.5 Å². The van der Waals surface area contributed by atoms with Crippen LogP contribution in [0.15, 0.2) is 17.8 Å². The summed E-state index contributed by atoms with van der Waals surface area (Å²) in [6, 6.07) is 2.09. The van der Waals surface area contributed by atoms with Crippen LogP contribution in [0.5, 0.6) is 0 Å². The molecule has 0 radical (unpaired) electrons. The molecule has 0 aliphatic carbocycles. The van der Waals surface area contributed by atoms with Crippen molar-refractivity contribution in [1.29, 1.82) is 0 Å². The van der Waals surface area contributed by atoms with Crippen molar-refractivity contribution in [3.63, 3.8) is 0 Å². The number of amides is 1. The van der Waals surface area contributed by atoms with Gasteiger partial charge < -0.3 is 19.4 Å². The van der Waals surface area contributed by atoms with Gasteiger partial charge in [0.05, 0.1) is 36.3 Å². The summed E-state index contributed by atoms with van der Waals surface area (Å²) in [5.74, 6) is 0.982. The molecule has 9 heteroatoms. The van der Waals surface area contributed by atoms with Gasteiger partial charge in [-0.25, -0.2) is 4.98 Å². The van der Waals surface area contributed by atoms with Crippen LogP contribution in [0, 0.1) is 6.92 Å². The number of hydrogen-bond donors (Lipinski definition) is 0. The van der Waals surface area contributed by atoms with E-state index in [1.54, 1.807) is 11.7 Å². The molecule has 2 aromatic heterocycles. The SMILES string of the molecule is Cc1ncsc1C(=O)N1CCN(c2cnnc(N3CCOCC3)c2)CC1. The summed E-state index contributed by atoms with van der Waals surface area (Å²) < 4.78 is 5.40. The molecule has 2 aliphatic heterocycles. The molecule has 0 spiro atoms. The van der Waals surface area contributed by atoms with E-state index in [9.17, 15) is 4.79 Å². The summed E-state index contributed by atoms with van der Waals surface area (Å²) in [7, 11) is 0. The van der Waals surface area contributed by atoms with Crippen LogP contribution < -0.4 is 9.80 Å². The fourth-order valence-electron chi connectivity index (χ4n) is 3.28. The first-order valence-corrected chi connectivity index (χ1v) is 9.70. The Balaban J connectivity index is 1.40. The van der Waals surface area contributed by atoms with Crippen molar-refractivity contribution in [2.45, 2.75) is 6.92 Å². The maximum absolute atomic E-state index is 12.6. The second-order valence-corrected chi connectivity index (χ2v) is 7.27. The summed E-state index contributed by atoms with van der Waals surface area (Å²) in [6.07, 6.45) is 1.80. The van der Waals surface area contributed by atoms with E-state index in [1.165, 1.54) is 11.3 Å². The molecule has 0 aromatic carbocycles. The molecule has 2 saturated heterocycles. The maximum Gasteiger partial charge on any atom is 0.265 e. The average molecular weight is 374 g/mol. The molecule has 0 N–H and O–H groups in total. The summed E-state index contributed by atoms with van der Waals surface area (Å²) in [4.78, 5) is 23.9. The molecule has 0 unspecified atom stereocenters. The highest BCUT2D eigenvalue weighted by molar-refractivity contribution is 7.11. The van der Waals surface area contributed by atoms with Gasteiger partial charge in [0.2, 0.25) is 0 Å². The average Bonchev–Trinajstić information content (AvgIpc) is 3.14. The van der Waals surface area contributed by atoms with Crippen LogP contribution in [0.25, 0.3) is 0 Å². The maximum atomic E-state index is 12.6. The van der Waals surface area contributed by atoms with Crippen LogP contribution >= 0.6 is 11.3 Å². The van der Waals surface area contributed by atoms with Crippen molar-refractivity contribution in [2.24, 2.45) is 0 Å². The fourth-order valence-corrected chi connectivity index (χ4v) is 4.05. The lowest BCUT2D eigenvalue weighted by atomic mass is 10.2. The Morgan fingerprint density at radius 3 is 2.58 bits per heavy atom. The number of piperazine rings is 1. The largest absolute Gasteiger partial charge is 0.378 e. The highest BCUT2D eigenvalue weighted by atomic mass is 32.1. The zero-order chi connectivity index (χ0) is 17.9. The molecule has 4 heterocycles. The molecular weight excluding hydrogens is 352 g/mol. The number of aryl methyl sites for hydroxylation is 1. The number of carbonyl (C=O) groups is 1. The zero-order valence-electron chi connectivity index (χ0n) is 14.8. The predicted molar refractivity (Wildman–Crippen MR) is 100 cm³/mol. The number of ether oxygens (including phenoxy) is 1. The van der Waals surface area contributed by atoms with Gasteiger partial charge in [-0.2, -0.15) is 5.10 Å². The smallest absolute Gasteiger partial charge is 0.265 e. The van der Waals surface area contributed by atoms with Gasteiger partial charge >= 0.3 is 0 Å². The second kappa shape index (κ2) is 7.55. The van der Waals surface area contributed by atoms with Gasteiger partial charge in [-0.3, -0.25) is 4.79 Å². The number of morpholine rings is 1. The molecule has 2 aromatic rings. The molecule has 1 amide bonds. The van der Waals surface area contributed by atoms with Crippen LogP contribution in [-0.2, 0) is 4.74 Å². The summed E-state index contributed by atoms with van der Waals surface area (Å²) >= 11 is 1.42. The Bertz CT molecular complexity index is 768. The van der Waals surface area contributed by atoms with Crippen LogP contribution in [0.2, 0.25) is 0 Å². The van der Waals surface area contributed by atoms with Gasteiger partial charge in [-0.15, -0.1) is 16.4 Å². The lowest BCUT2D eigenvalue weighted by Crippen LogP contribution is -2.48. The van der Waals surface area contributed by atoms with E-state index in [-0.39, 0.29) is 5.91 Å². The lowest BCUT2D eigenvalue weighted by molar-refractivity contribution is 0.0750. The van der Waals surface area contributed by atoms with E-state index >= 15 is 0 Å². The first-order valence-electron chi connectivity index (χ1n) is 8.82. The molecular formula is C17H22N6O2S. The molecule has 8 nitrogen and oxygen atoms in total.